The van der Waals surface area contributed by atoms with Gasteiger partial charge in [0.1, 0.15) is 18.1 Å². The number of aliphatic hydroxyl groups is 1. The van der Waals surface area contributed by atoms with E-state index in [4.69, 9.17) is 11.5 Å². The quantitative estimate of drug-likeness (QED) is 0.156. The van der Waals surface area contributed by atoms with E-state index in [9.17, 15) is 29.4 Å². The summed E-state index contributed by atoms with van der Waals surface area (Å²) in [6, 6.07) is -3.39. The number of hydrogen-bond acceptors (Lipinski definition) is 7. The molecule has 11 nitrogen and oxygen atoms in total. The molecule has 0 saturated carbocycles. The molecule has 0 heterocycles. The van der Waals surface area contributed by atoms with Crippen LogP contribution in [0.25, 0.3) is 0 Å². The molecule has 0 radical (unpaired) electrons. The Kier molecular flexibility index (Phi) is 12.7. The Bertz CT molecular complexity index is 528. The maximum Gasteiger partial charge on any atom is 0.326 e. The molecule has 3 unspecified atom stereocenters. The fourth-order valence-corrected chi connectivity index (χ4v) is 2.45. The van der Waals surface area contributed by atoms with Crippen molar-refractivity contribution >= 4 is 23.7 Å². The van der Waals surface area contributed by atoms with Gasteiger partial charge in [-0.25, -0.2) is 4.79 Å². The number of carbonyl (C=O) groups is 4. The van der Waals surface area contributed by atoms with Gasteiger partial charge < -0.3 is 37.6 Å². The summed E-state index contributed by atoms with van der Waals surface area (Å²) < 4.78 is 0. The summed E-state index contributed by atoms with van der Waals surface area (Å²) in [5, 5.41) is 25.7. The maximum atomic E-state index is 12.6. The second-order valence-electron chi connectivity index (χ2n) is 6.88. The molecule has 0 saturated heterocycles. The molecule has 0 aliphatic carbocycles. The number of nitrogens with one attached hydrogen (secondary N) is 3. The van der Waals surface area contributed by atoms with Crippen molar-refractivity contribution < 1.29 is 29.4 Å². The van der Waals surface area contributed by atoms with Gasteiger partial charge in [-0.2, -0.15) is 0 Å². The van der Waals surface area contributed by atoms with Crippen LogP contribution in [0.5, 0.6) is 0 Å². The molecule has 11 heteroatoms. The number of rotatable bonds is 14. The van der Waals surface area contributed by atoms with Crippen molar-refractivity contribution in [3.8, 4) is 0 Å². The van der Waals surface area contributed by atoms with Gasteiger partial charge in [0.2, 0.25) is 17.7 Å². The first-order valence-electron chi connectivity index (χ1n) is 9.30. The SMILES string of the molecule is CC(C)CC(NC(=O)C(CCCCN)NC(=O)C(CO)NC(=O)CN)C(=O)O. The zero-order valence-electron chi connectivity index (χ0n) is 16.4. The third-order valence-corrected chi connectivity index (χ3v) is 3.92. The van der Waals surface area contributed by atoms with E-state index < -0.39 is 48.4 Å². The number of carbonyl (C=O) groups excluding carboxylic acids is 3. The van der Waals surface area contributed by atoms with Crippen LogP contribution in [0.15, 0.2) is 0 Å². The lowest BCUT2D eigenvalue weighted by Gasteiger charge is -2.24. The highest BCUT2D eigenvalue weighted by molar-refractivity contribution is 5.93. The highest BCUT2D eigenvalue weighted by Gasteiger charge is 2.29. The number of carboxylic acids is 1. The number of amides is 3. The fraction of sp³-hybridized carbons (Fsp3) is 0.765. The van der Waals surface area contributed by atoms with Crippen LogP contribution in [0.1, 0.15) is 39.5 Å². The topological polar surface area (TPSA) is 197 Å². The molecule has 0 rings (SSSR count). The van der Waals surface area contributed by atoms with Crippen LogP contribution in [0.3, 0.4) is 0 Å². The van der Waals surface area contributed by atoms with Crippen molar-refractivity contribution in [3.63, 3.8) is 0 Å². The third-order valence-electron chi connectivity index (χ3n) is 3.92. The first-order chi connectivity index (χ1) is 13.2. The number of carboxylic acid groups (broad SMARTS) is 1. The average Bonchev–Trinajstić information content (AvgIpc) is 2.63. The predicted octanol–water partition coefficient (Wildman–Crippen LogP) is -2.35. The summed E-state index contributed by atoms with van der Waals surface area (Å²) in [5.41, 5.74) is 10.6. The van der Waals surface area contributed by atoms with Gasteiger partial charge in [-0.3, -0.25) is 14.4 Å². The van der Waals surface area contributed by atoms with Crippen LogP contribution in [-0.4, -0.2) is 71.7 Å². The number of hydrogen-bond donors (Lipinski definition) is 7. The number of unbranched alkanes of at least 4 members (excludes halogenated alkanes) is 1. The van der Waals surface area contributed by atoms with E-state index in [1.165, 1.54) is 0 Å². The van der Waals surface area contributed by atoms with Gasteiger partial charge in [0.05, 0.1) is 13.2 Å². The monoisotopic (exact) mass is 403 g/mol. The molecule has 0 aromatic rings. The molecule has 0 fully saturated rings. The molecule has 3 amide bonds. The molecule has 0 aliphatic rings. The third kappa shape index (κ3) is 10.2. The minimum Gasteiger partial charge on any atom is -0.480 e. The Morgan fingerprint density at radius 2 is 1.46 bits per heavy atom. The Morgan fingerprint density at radius 1 is 0.893 bits per heavy atom. The van der Waals surface area contributed by atoms with Gasteiger partial charge in [-0.05, 0) is 38.1 Å². The van der Waals surface area contributed by atoms with Crippen LogP contribution >= 0.6 is 0 Å². The maximum absolute atomic E-state index is 12.6. The lowest BCUT2D eigenvalue weighted by Crippen LogP contribution is -2.57. The van der Waals surface area contributed by atoms with E-state index in [2.05, 4.69) is 16.0 Å². The summed E-state index contributed by atoms with van der Waals surface area (Å²) in [6.07, 6.45) is 1.60. The molecule has 28 heavy (non-hydrogen) atoms. The molecule has 0 spiro atoms. The van der Waals surface area contributed by atoms with Gasteiger partial charge in [0.15, 0.2) is 0 Å². The zero-order valence-corrected chi connectivity index (χ0v) is 16.4. The van der Waals surface area contributed by atoms with Gasteiger partial charge in [0.25, 0.3) is 0 Å². The van der Waals surface area contributed by atoms with Crippen molar-refractivity contribution in [2.24, 2.45) is 17.4 Å². The van der Waals surface area contributed by atoms with Gasteiger partial charge in [-0.1, -0.05) is 13.8 Å². The number of aliphatic hydroxyl groups excluding tert-OH is 1. The summed E-state index contributed by atoms with van der Waals surface area (Å²) in [7, 11) is 0. The lowest BCUT2D eigenvalue weighted by molar-refractivity contribution is -0.142. The summed E-state index contributed by atoms with van der Waals surface area (Å²) in [5.74, 6) is -3.19. The molecule has 0 aliphatic heterocycles. The Balaban J connectivity index is 5.17. The van der Waals surface area contributed by atoms with Gasteiger partial charge >= 0.3 is 5.97 Å². The molecule has 9 N–H and O–H groups in total. The first kappa shape index (κ1) is 25.8. The smallest absolute Gasteiger partial charge is 0.326 e. The van der Waals surface area contributed by atoms with Crippen molar-refractivity contribution in [2.45, 2.75) is 57.7 Å². The molecule has 0 aromatic carbocycles. The zero-order chi connectivity index (χ0) is 21.7. The molecule has 0 aromatic heterocycles. The van der Waals surface area contributed by atoms with Crippen molar-refractivity contribution in [1.82, 2.24) is 16.0 Å². The molecule has 0 bridgehead atoms. The van der Waals surface area contributed by atoms with Crippen molar-refractivity contribution in [2.75, 3.05) is 19.7 Å². The standard InChI is InChI=1S/C17H33N5O6/c1-10(2)7-12(17(27)28)22-15(25)11(5-3-4-6-18)21-16(26)13(9-23)20-14(24)8-19/h10-13,23H,3-9,18-19H2,1-2H3,(H,20,24)(H,21,26)(H,22,25)(H,27,28). The normalized spacial score (nSPS) is 14.1. The Morgan fingerprint density at radius 3 is 1.93 bits per heavy atom. The van der Waals surface area contributed by atoms with E-state index >= 15 is 0 Å². The average molecular weight is 403 g/mol. The molecule has 3 atom stereocenters. The van der Waals surface area contributed by atoms with Crippen LogP contribution in [-0.2, 0) is 19.2 Å². The fourth-order valence-electron chi connectivity index (χ4n) is 2.45. The van der Waals surface area contributed by atoms with Crippen LogP contribution in [0, 0.1) is 5.92 Å². The van der Waals surface area contributed by atoms with Crippen LogP contribution in [0.2, 0.25) is 0 Å². The molecular formula is C17H33N5O6. The number of aliphatic carboxylic acids is 1. The highest BCUT2D eigenvalue weighted by Crippen LogP contribution is 2.07. The van der Waals surface area contributed by atoms with Gasteiger partial charge in [0, 0.05) is 0 Å². The first-order valence-corrected chi connectivity index (χ1v) is 9.30. The Labute approximate surface area is 164 Å². The van der Waals surface area contributed by atoms with E-state index in [1.807, 2.05) is 13.8 Å². The number of nitrogens with two attached hydrogens (primary N) is 2. The molecular weight excluding hydrogens is 370 g/mol. The van der Waals surface area contributed by atoms with Crippen molar-refractivity contribution in [1.29, 1.82) is 0 Å². The highest BCUT2D eigenvalue weighted by atomic mass is 16.4. The summed E-state index contributed by atoms with van der Waals surface area (Å²) >= 11 is 0. The van der Waals surface area contributed by atoms with E-state index in [-0.39, 0.29) is 25.3 Å². The largest absolute Gasteiger partial charge is 0.480 e. The van der Waals surface area contributed by atoms with E-state index in [0.29, 0.717) is 19.4 Å². The van der Waals surface area contributed by atoms with Gasteiger partial charge in [-0.15, -0.1) is 0 Å². The minimum atomic E-state index is -1.27. The van der Waals surface area contributed by atoms with E-state index in [1.54, 1.807) is 0 Å². The summed E-state index contributed by atoms with van der Waals surface area (Å²) in [4.78, 5) is 47.6. The second-order valence-corrected chi connectivity index (χ2v) is 6.88. The van der Waals surface area contributed by atoms with E-state index in [0.717, 1.165) is 0 Å². The minimum absolute atomic E-state index is 0.0388. The van der Waals surface area contributed by atoms with Crippen LogP contribution < -0.4 is 27.4 Å². The Hall–Kier alpha value is -2.24. The van der Waals surface area contributed by atoms with Crippen LogP contribution in [0.4, 0.5) is 0 Å². The summed E-state index contributed by atoms with van der Waals surface area (Å²) in [6.45, 7) is 3.02. The lowest BCUT2D eigenvalue weighted by atomic mass is 10.0. The second kappa shape index (κ2) is 13.9. The molecule has 162 valence electrons. The predicted molar refractivity (Wildman–Crippen MR) is 102 cm³/mol. The van der Waals surface area contributed by atoms with Crippen molar-refractivity contribution in [3.05, 3.63) is 0 Å².